The van der Waals surface area contributed by atoms with Gasteiger partial charge < -0.3 is 14.6 Å². The zero-order valence-electron chi connectivity index (χ0n) is 12.8. The number of carbonyl (C=O) groups excluding carboxylic acids is 1. The number of nitrogens with zero attached hydrogens (tertiary/aromatic N) is 1. The van der Waals surface area contributed by atoms with Crippen LogP contribution >= 0.6 is 11.3 Å². The average molecular weight is 328 g/mol. The second-order valence-corrected chi connectivity index (χ2v) is 5.93. The minimum Gasteiger partial charge on any atom is -0.497 e. The minimum atomic E-state index is -0.192. The molecule has 0 unspecified atom stereocenters. The fraction of sp³-hybridized carbons (Fsp3) is 0.176. The van der Waals surface area contributed by atoms with Gasteiger partial charge in [-0.15, -0.1) is 11.3 Å². The smallest absolute Gasteiger partial charge is 0.257 e. The van der Waals surface area contributed by atoms with Crippen molar-refractivity contribution in [3.8, 4) is 16.4 Å². The first kappa shape index (κ1) is 15.3. The maximum atomic E-state index is 12.5. The van der Waals surface area contributed by atoms with E-state index >= 15 is 0 Å². The lowest BCUT2D eigenvalue weighted by Crippen LogP contribution is -2.23. The second kappa shape index (κ2) is 6.66. The molecule has 1 N–H and O–H groups in total. The molecule has 0 spiro atoms. The number of aryl methyl sites for hydroxylation is 1. The molecule has 2 heterocycles. The van der Waals surface area contributed by atoms with Crippen molar-refractivity contribution in [2.45, 2.75) is 13.5 Å². The maximum absolute atomic E-state index is 12.5. The number of thiophene rings is 1. The molecule has 0 radical (unpaired) electrons. The standard InChI is InChI=1S/C17H16N2O3S/c1-11-15(16(22-19-11)14-4-3-9-23-14)17(20)18-10-12-5-7-13(21-2)8-6-12/h3-9H,10H2,1-2H3,(H,18,20). The average Bonchev–Trinajstić information content (AvgIpc) is 3.22. The number of methoxy groups -OCH3 is 1. The van der Waals surface area contributed by atoms with Crippen LogP contribution in [0.15, 0.2) is 46.3 Å². The predicted molar refractivity (Wildman–Crippen MR) is 88.7 cm³/mol. The van der Waals surface area contributed by atoms with E-state index in [4.69, 9.17) is 9.26 Å². The highest BCUT2D eigenvalue weighted by Gasteiger charge is 2.22. The Labute approximate surface area is 137 Å². The van der Waals surface area contributed by atoms with Crippen molar-refractivity contribution in [2.24, 2.45) is 0 Å². The van der Waals surface area contributed by atoms with E-state index in [0.29, 0.717) is 23.6 Å². The van der Waals surface area contributed by atoms with Crippen LogP contribution in [0.1, 0.15) is 21.6 Å². The Morgan fingerprint density at radius 1 is 1.30 bits per heavy atom. The predicted octanol–water partition coefficient (Wildman–Crippen LogP) is 3.65. The highest BCUT2D eigenvalue weighted by molar-refractivity contribution is 7.13. The summed E-state index contributed by atoms with van der Waals surface area (Å²) in [5.41, 5.74) is 2.06. The number of benzene rings is 1. The maximum Gasteiger partial charge on any atom is 0.257 e. The normalized spacial score (nSPS) is 10.5. The minimum absolute atomic E-state index is 0.192. The van der Waals surface area contributed by atoms with E-state index in [9.17, 15) is 4.79 Å². The molecule has 1 aromatic carbocycles. The molecule has 0 saturated carbocycles. The van der Waals surface area contributed by atoms with E-state index in [0.717, 1.165) is 16.2 Å². The van der Waals surface area contributed by atoms with Gasteiger partial charge in [-0.05, 0) is 36.1 Å². The van der Waals surface area contributed by atoms with Crippen LogP contribution in [-0.4, -0.2) is 18.2 Å². The van der Waals surface area contributed by atoms with Gasteiger partial charge in [0, 0.05) is 6.54 Å². The van der Waals surface area contributed by atoms with Gasteiger partial charge in [-0.2, -0.15) is 0 Å². The molecule has 1 amide bonds. The molecule has 3 rings (SSSR count). The van der Waals surface area contributed by atoms with Crippen molar-refractivity contribution in [1.29, 1.82) is 0 Å². The van der Waals surface area contributed by atoms with Crippen molar-refractivity contribution in [1.82, 2.24) is 10.5 Å². The van der Waals surface area contributed by atoms with Gasteiger partial charge in [-0.25, -0.2) is 0 Å². The summed E-state index contributed by atoms with van der Waals surface area (Å²) >= 11 is 1.51. The highest BCUT2D eigenvalue weighted by Crippen LogP contribution is 2.29. The Kier molecular flexibility index (Phi) is 4.43. The molecular weight excluding hydrogens is 312 g/mol. The van der Waals surface area contributed by atoms with Gasteiger partial charge in [-0.3, -0.25) is 4.79 Å². The molecule has 3 aromatic rings. The van der Waals surface area contributed by atoms with Crippen LogP contribution in [0.3, 0.4) is 0 Å². The van der Waals surface area contributed by atoms with Crippen molar-refractivity contribution in [2.75, 3.05) is 7.11 Å². The van der Waals surface area contributed by atoms with Crippen LogP contribution in [0.4, 0.5) is 0 Å². The lowest BCUT2D eigenvalue weighted by atomic mass is 10.1. The zero-order chi connectivity index (χ0) is 16.2. The monoisotopic (exact) mass is 328 g/mol. The molecule has 0 aliphatic heterocycles. The zero-order valence-corrected chi connectivity index (χ0v) is 13.6. The number of amides is 1. The van der Waals surface area contributed by atoms with E-state index in [1.54, 1.807) is 14.0 Å². The largest absolute Gasteiger partial charge is 0.497 e. The molecule has 5 nitrogen and oxygen atoms in total. The summed E-state index contributed by atoms with van der Waals surface area (Å²) in [6.07, 6.45) is 0. The number of hydrogen-bond donors (Lipinski definition) is 1. The van der Waals surface area contributed by atoms with Crippen LogP contribution in [0.2, 0.25) is 0 Å². The topological polar surface area (TPSA) is 64.4 Å². The molecule has 0 aliphatic carbocycles. The molecular formula is C17H16N2O3S. The van der Waals surface area contributed by atoms with E-state index < -0.39 is 0 Å². The summed E-state index contributed by atoms with van der Waals surface area (Å²) in [7, 11) is 1.62. The molecule has 23 heavy (non-hydrogen) atoms. The third-order valence-corrected chi connectivity index (χ3v) is 4.32. The number of nitrogens with one attached hydrogen (secondary N) is 1. The highest BCUT2D eigenvalue weighted by atomic mass is 32.1. The first-order valence-electron chi connectivity index (χ1n) is 7.10. The number of ether oxygens (including phenoxy) is 1. The fourth-order valence-corrected chi connectivity index (χ4v) is 2.93. The SMILES string of the molecule is COc1ccc(CNC(=O)c2c(C)noc2-c2cccs2)cc1. The number of aromatic nitrogens is 1. The van der Waals surface area contributed by atoms with Gasteiger partial charge in [0.2, 0.25) is 0 Å². The summed E-state index contributed by atoms with van der Waals surface area (Å²) in [6.45, 7) is 2.19. The third kappa shape index (κ3) is 3.27. The summed E-state index contributed by atoms with van der Waals surface area (Å²) < 4.78 is 10.4. The van der Waals surface area contributed by atoms with Crippen LogP contribution < -0.4 is 10.1 Å². The first-order chi connectivity index (χ1) is 11.2. The Morgan fingerprint density at radius 2 is 2.09 bits per heavy atom. The molecule has 0 fully saturated rings. The van der Waals surface area contributed by atoms with E-state index in [-0.39, 0.29) is 5.91 Å². The van der Waals surface area contributed by atoms with Gasteiger partial charge >= 0.3 is 0 Å². The lowest BCUT2D eigenvalue weighted by Gasteiger charge is -2.06. The van der Waals surface area contributed by atoms with Crippen LogP contribution in [0.25, 0.3) is 10.6 Å². The summed E-state index contributed by atoms with van der Waals surface area (Å²) in [5.74, 6) is 1.11. The van der Waals surface area contributed by atoms with E-state index in [1.807, 2.05) is 41.8 Å². The Bertz CT molecular complexity index is 792. The van der Waals surface area contributed by atoms with Crippen LogP contribution in [0.5, 0.6) is 5.75 Å². The van der Waals surface area contributed by atoms with Gasteiger partial charge in [0.05, 0.1) is 17.7 Å². The molecule has 0 bridgehead atoms. The summed E-state index contributed by atoms with van der Waals surface area (Å²) in [5, 5.41) is 8.77. The lowest BCUT2D eigenvalue weighted by molar-refractivity contribution is 0.0950. The van der Waals surface area contributed by atoms with Crippen LogP contribution in [-0.2, 0) is 6.54 Å². The summed E-state index contributed by atoms with van der Waals surface area (Å²) in [4.78, 5) is 13.4. The Morgan fingerprint density at radius 3 is 2.74 bits per heavy atom. The molecule has 0 aliphatic rings. The Balaban J connectivity index is 1.74. The molecule has 6 heteroatoms. The van der Waals surface area contributed by atoms with Gasteiger partial charge in [-0.1, -0.05) is 23.4 Å². The number of rotatable bonds is 5. The van der Waals surface area contributed by atoms with Crippen molar-refractivity contribution in [3.05, 3.63) is 58.6 Å². The van der Waals surface area contributed by atoms with Crippen molar-refractivity contribution in [3.63, 3.8) is 0 Å². The summed E-state index contributed by atoms with van der Waals surface area (Å²) in [6, 6.07) is 11.4. The first-order valence-corrected chi connectivity index (χ1v) is 7.98. The Hall–Kier alpha value is -2.60. The number of hydrogen-bond acceptors (Lipinski definition) is 5. The third-order valence-electron chi connectivity index (χ3n) is 3.45. The molecule has 0 saturated heterocycles. The van der Waals surface area contributed by atoms with Crippen LogP contribution in [0, 0.1) is 6.92 Å². The molecule has 118 valence electrons. The van der Waals surface area contributed by atoms with Crippen molar-refractivity contribution >= 4 is 17.2 Å². The quantitative estimate of drug-likeness (QED) is 0.776. The second-order valence-electron chi connectivity index (χ2n) is 4.98. The number of carbonyl (C=O) groups is 1. The fourth-order valence-electron chi connectivity index (χ4n) is 2.23. The van der Waals surface area contributed by atoms with E-state index in [1.165, 1.54) is 11.3 Å². The van der Waals surface area contributed by atoms with Gasteiger partial charge in [0.1, 0.15) is 11.3 Å². The van der Waals surface area contributed by atoms with Gasteiger partial charge in [0.25, 0.3) is 5.91 Å². The van der Waals surface area contributed by atoms with Gasteiger partial charge in [0.15, 0.2) is 5.76 Å². The molecule has 0 atom stereocenters. The van der Waals surface area contributed by atoms with E-state index in [2.05, 4.69) is 10.5 Å². The van der Waals surface area contributed by atoms with Crippen molar-refractivity contribution < 1.29 is 14.1 Å². The molecule has 2 aromatic heterocycles.